The Labute approximate surface area is 120 Å². The molecule has 1 saturated heterocycles. The van der Waals surface area contributed by atoms with E-state index in [1.54, 1.807) is 6.07 Å². The summed E-state index contributed by atoms with van der Waals surface area (Å²) in [4.78, 5) is 24.4. The van der Waals surface area contributed by atoms with Crippen LogP contribution in [0.1, 0.15) is 18.4 Å². The number of aliphatic carboxylic acids is 1. The minimum absolute atomic E-state index is 0.141. The lowest BCUT2D eigenvalue weighted by atomic mass is 9.97. The summed E-state index contributed by atoms with van der Waals surface area (Å²) in [5, 5.41) is 20.2. The Balaban J connectivity index is 1.97. The van der Waals surface area contributed by atoms with Gasteiger partial charge in [-0.05, 0) is 31.0 Å². The summed E-state index contributed by atoms with van der Waals surface area (Å²) in [7, 11) is 0. The fraction of sp³-hybridized carbons (Fsp3) is 0.357. The first-order chi connectivity index (χ1) is 10.0. The summed E-state index contributed by atoms with van der Waals surface area (Å²) in [6.45, 7) is 0.713. The molecular weight excluding hydrogens is 277 g/mol. The van der Waals surface area contributed by atoms with Crippen LogP contribution in [0.4, 0.5) is 14.9 Å². The molecule has 0 atom stereocenters. The highest BCUT2D eigenvalue weighted by atomic mass is 19.1. The van der Waals surface area contributed by atoms with Crippen molar-refractivity contribution in [2.45, 2.75) is 12.8 Å². The van der Waals surface area contributed by atoms with E-state index >= 15 is 0 Å². The number of carbonyl (C=O) groups is 2. The van der Waals surface area contributed by atoms with E-state index in [0.717, 1.165) is 6.07 Å². The zero-order valence-corrected chi connectivity index (χ0v) is 11.2. The molecule has 2 amide bonds. The number of carboxylic acids is 1. The van der Waals surface area contributed by atoms with Gasteiger partial charge in [0, 0.05) is 18.8 Å². The van der Waals surface area contributed by atoms with Crippen LogP contribution in [-0.4, -0.2) is 35.1 Å². The van der Waals surface area contributed by atoms with E-state index in [2.05, 4.69) is 5.32 Å². The van der Waals surface area contributed by atoms with Gasteiger partial charge in [-0.25, -0.2) is 9.18 Å². The van der Waals surface area contributed by atoms with Crippen LogP contribution in [0.3, 0.4) is 0 Å². The second kappa shape index (κ2) is 6.22. The van der Waals surface area contributed by atoms with Crippen molar-refractivity contribution < 1.29 is 19.1 Å². The maximum atomic E-state index is 13.2. The lowest BCUT2D eigenvalue weighted by Crippen LogP contribution is -2.42. The fourth-order valence-corrected chi connectivity index (χ4v) is 2.22. The van der Waals surface area contributed by atoms with Crippen LogP contribution in [0.2, 0.25) is 0 Å². The second-order valence-electron chi connectivity index (χ2n) is 4.84. The molecule has 21 heavy (non-hydrogen) atoms. The number of nitrogens with zero attached hydrogens (tertiary/aromatic N) is 2. The Morgan fingerprint density at radius 3 is 2.62 bits per heavy atom. The quantitative estimate of drug-likeness (QED) is 0.871. The summed E-state index contributed by atoms with van der Waals surface area (Å²) in [6, 6.07) is 5.07. The molecule has 0 aromatic heterocycles. The molecule has 1 aliphatic heterocycles. The summed E-state index contributed by atoms with van der Waals surface area (Å²) in [5.41, 5.74) is 0.190. The van der Waals surface area contributed by atoms with Crippen molar-refractivity contribution in [3.63, 3.8) is 0 Å². The van der Waals surface area contributed by atoms with E-state index in [1.807, 2.05) is 0 Å². The summed E-state index contributed by atoms with van der Waals surface area (Å²) in [5.74, 6) is -1.89. The summed E-state index contributed by atoms with van der Waals surface area (Å²) < 4.78 is 13.2. The maximum absolute atomic E-state index is 13.2. The second-order valence-corrected chi connectivity index (χ2v) is 4.84. The number of piperidine rings is 1. The fourth-order valence-electron chi connectivity index (χ4n) is 2.22. The van der Waals surface area contributed by atoms with Crippen molar-refractivity contribution in [3.8, 4) is 6.07 Å². The number of benzene rings is 1. The van der Waals surface area contributed by atoms with Crippen LogP contribution in [0.25, 0.3) is 0 Å². The average Bonchev–Trinajstić information content (AvgIpc) is 2.49. The Morgan fingerprint density at radius 2 is 2.05 bits per heavy atom. The van der Waals surface area contributed by atoms with Gasteiger partial charge in [0.2, 0.25) is 0 Å². The number of hydrogen-bond acceptors (Lipinski definition) is 3. The highest BCUT2D eigenvalue weighted by Gasteiger charge is 2.27. The molecule has 0 bridgehead atoms. The molecule has 0 aliphatic carbocycles. The van der Waals surface area contributed by atoms with E-state index in [1.165, 1.54) is 17.0 Å². The SMILES string of the molecule is N#Cc1cc(NC(=O)N2CCC(C(=O)O)CC2)ccc1F. The van der Waals surface area contributed by atoms with Crippen LogP contribution in [0, 0.1) is 23.1 Å². The molecule has 2 rings (SSSR count). The van der Waals surface area contributed by atoms with Crippen LogP contribution in [0.15, 0.2) is 18.2 Å². The van der Waals surface area contributed by atoms with Gasteiger partial charge >= 0.3 is 12.0 Å². The van der Waals surface area contributed by atoms with E-state index < -0.39 is 17.7 Å². The number of likely N-dealkylation sites (tertiary alicyclic amines) is 1. The van der Waals surface area contributed by atoms with Crippen molar-refractivity contribution in [2.24, 2.45) is 5.92 Å². The zero-order valence-electron chi connectivity index (χ0n) is 11.2. The number of hydrogen-bond donors (Lipinski definition) is 2. The van der Waals surface area contributed by atoms with Gasteiger partial charge in [-0.2, -0.15) is 5.26 Å². The highest BCUT2D eigenvalue weighted by molar-refractivity contribution is 5.89. The molecule has 0 radical (unpaired) electrons. The Morgan fingerprint density at radius 1 is 1.38 bits per heavy atom. The molecule has 7 heteroatoms. The van der Waals surface area contributed by atoms with E-state index in [9.17, 15) is 14.0 Å². The number of anilines is 1. The molecule has 110 valence electrons. The molecule has 0 unspecified atom stereocenters. The minimum atomic E-state index is -0.841. The lowest BCUT2D eigenvalue weighted by molar-refractivity contribution is -0.143. The molecular formula is C14H14FN3O3. The van der Waals surface area contributed by atoms with E-state index in [4.69, 9.17) is 10.4 Å². The van der Waals surface area contributed by atoms with Crippen LogP contribution >= 0.6 is 0 Å². The van der Waals surface area contributed by atoms with Gasteiger partial charge in [0.1, 0.15) is 11.9 Å². The molecule has 6 nitrogen and oxygen atoms in total. The largest absolute Gasteiger partial charge is 0.481 e. The normalized spacial score (nSPS) is 15.3. The minimum Gasteiger partial charge on any atom is -0.481 e. The van der Waals surface area contributed by atoms with Crippen LogP contribution in [0.5, 0.6) is 0 Å². The van der Waals surface area contributed by atoms with Gasteiger partial charge in [0.15, 0.2) is 0 Å². The molecule has 1 aromatic rings. The Hall–Kier alpha value is -2.62. The van der Waals surface area contributed by atoms with Crippen molar-refractivity contribution >= 4 is 17.7 Å². The molecule has 2 N–H and O–H groups in total. The summed E-state index contributed by atoms with van der Waals surface area (Å²) >= 11 is 0. The smallest absolute Gasteiger partial charge is 0.321 e. The third-order valence-electron chi connectivity index (χ3n) is 3.47. The van der Waals surface area contributed by atoms with Gasteiger partial charge in [-0.3, -0.25) is 4.79 Å². The molecule has 1 heterocycles. The topological polar surface area (TPSA) is 93.4 Å². The number of carbonyl (C=O) groups excluding carboxylic acids is 1. The number of nitrogens with one attached hydrogen (secondary N) is 1. The molecule has 1 aliphatic rings. The van der Waals surface area contributed by atoms with Crippen molar-refractivity contribution in [3.05, 3.63) is 29.6 Å². The first-order valence-electron chi connectivity index (χ1n) is 6.49. The molecule has 0 spiro atoms. The van der Waals surface area contributed by atoms with Gasteiger partial charge in [0.05, 0.1) is 11.5 Å². The number of nitriles is 1. The number of urea groups is 1. The third-order valence-corrected chi connectivity index (χ3v) is 3.47. The molecule has 1 fully saturated rings. The number of rotatable bonds is 2. The predicted molar refractivity (Wildman–Crippen MR) is 72.1 cm³/mol. The number of amides is 2. The standard InChI is InChI=1S/C14H14FN3O3/c15-12-2-1-11(7-10(12)8-16)17-14(21)18-5-3-9(4-6-18)13(19)20/h1-2,7,9H,3-6H2,(H,17,21)(H,19,20). The monoisotopic (exact) mass is 291 g/mol. The van der Waals surface area contributed by atoms with Crippen LogP contribution in [-0.2, 0) is 4.79 Å². The van der Waals surface area contributed by atoms with Crippen LogP contribution < -0.4 is 5.32 Å². The van der Waals surface area contributed by atoms with Gasteiger partial charge in [-0.1, -0.05) is 0 Å². The Kier molecular flexibility index (Phi) is 4.38. The number of carboxylic acid groups (broad SMARTS) is 1. The first-order valence-corrected chi connectivity index (χ1v) is 6.49. The van der Waals surface area contributed by atoms with E-state index in [0.29, 0.717) is 31.6 Å². The van der Waals surface area contributed by atoms with Gasteiger partial charge in [-0.15, -0.1) is 0 Å². The van der Waals surface area contributed by atoms with Gasteiger partial charge < -0.3 is 15.3 Å². The maximum Gasteiger partial charge on any atom is 0.321 e. The molecule has 0 saturated carbocycles. The summed E-state index contributed by atoms with van der Waals surface area (Å²) in [6.07, 6.45) is 0.825. The highest BCUT2D eigenvalue weighted by Crippen LogP contribution is 2.19. The zero-order chi connectivity index (χ0) is 15.4. The third kappa shape index (κ3) is 3.48. The first kappa shape index (κ1) is 14.8. The van der Waals surface area contributed by atoms with Gasteiger partial charge in [0.25, 0.3) is 0 Å². The predicted octanol–water partition coefficient (Wildman–Crippen LogP) is 2.03. The molecule has 1 aromatic carbocycles. The van der Waals surface area contributed by atoms with Crippen molar-refractivity contribution in [1.82, 2.24) is 4.90 Å². The average molecular weight is 291 g/mol. The Bertz CT molecular complexity index is 604. The van der Waals surface area contributed by atoms with Crippen molar-refractivity contribution in [2.75, 3.05) is 18.4 Å². The van der Waals surface area contributed by atoms with E-state index in [-0.39, 0.29) is 11.6 Å². The lowest BCUT2D eigenvalue weighted by Gasteiger charge is -2.30. The number of halogens is 1. The van der Waals surface area contributed by atoms with Crippen molar-refractivity contribution in [1.29, 1.82) is 5.26 Å².